The molecule has 1 saturated carbocycles. The van der Waals surface area contributed by atoms with Gasteiger partial charge < -0.3 is 104 Å². The first kappa shape index (κ1) is 107. The van der Waals surface area contributed by atoms with Gasteiger partial charge in [0.2, 0.25) is 0 Å². The number of hydrogen-bond acceptors (Lipinski definition) is 24. The highest BCUT2D eigenvalue weighted by molar-refractivity contribution is 7.46. The topological polar surface area (TPSA) is 342 Å². The second-order valence-electron chi connectivity index (χ2n) is 29.5. The van der Waals surface area contributed by atoms with Gasteiger partial charge >= 0.3 is 11.9 Å². The lowest BCUT2D eigenvalue weighted by molar-refractivity contribution is -0.836. The van der Waals surface area contributed by atoms with Crippen LogP contribution in [0.25, 0.3) is 0 Å². The van der Waals surface area contributed by atoms with E-state index in [1.54, 1.807) is 54.6 Å². The molecule has 640 valence electrons. The summed E-state index contributed by atoms with van der Waals surface area (Å²) in [5.74, 6) is -1.36. The Balaban J connectivity index is 0.00000673. The van der Waals surface area contributed by atoms with Crippen LogP contribution in [0.2, 0.25) is 0 Å². The van der Waals surface area contributed by atoms with E-state index < -0.39 is 133 Å². The molecule has 1 aliphatic carbocycles. The maximum absolute atomic E-state index is 14.5. The number of nitrogens with one attached hydrogen (secondary N) is 4. The van der Waals surface area contributed by atoms with E-state index in [0.717, 1.165) is 78.4 Å². The Hall–Kier alpha value is -3.28. The summed E-state index contributed by atoms with van der Waals surface area (Å²) >= 11 is 0. The van der Waals surface area contributed by atoms with E-state index in [0.29, 0.717) is 29.5 Å². The number of benzene rings is 3. The molecule has 0 aromatic heterocycles. The number of ether oxygens (including phenoxy) is 6. The van der Waals surface area contributed by atoms with Gasteiger partial charge in [0.25, 0.3) is 31.3 Å². The summed E-state index contributed by atoms with van der Waals surface area (Å²) in [7, 11) is 3.82. The van der Waals surface area contributed by atoms with Crippen molar-refractivity contribution in [3.63, 3.8) is 0 Å². The monoisotopic (exact) mass is 1640 g/mol. The molecule has 1 fully saturated rings. The Labute approximate surface area is 661 Å². The Morgan fingerprint density at radius 1 is 0.345 bits per heavy atom. The van der Waals surface area contributed by atoms with Crippen molar-refractivity contribution in [2.24, 2.45) is 0 Å². The summed E-state index contributed by atoms with van der Waals surface area (Å²) < 4.78 is 134. The summed E-state index contributed by atoms with van der Waals surface area (Å²) in [6, 6.07) is 23.6. The van der Waals surface area contributed by atoms with E-state index in [4.69, 9.17) is 64.6 Å². The van der Waals surface area contributed by atoms with Crippen LogP contribution in [0.3, 0.4) is 0 Å². The van der Waals surface area contributed by atoms with Gasteiger partial charge in [-0.3, -0.25) is 27.8 Å². The van der Waals surface area contributed by atoms with E-state index in [2.05, 4.69) is 98.4 Å². The van der Waals surface area contributed by atoms with Crippen LogP contribution in [0.1, 0.15) is 210 Å². The van der Waals surface area contributed by atoms with Crippen LogP contribution in [0, 0.1) is 0 Å². The van der Waals surface area contributed by atoms with Crippen LogP contribution in [0.4, 0.5) is 0 Å². The van der Waals surface area contributed by atoms with Crippen LogP contribution < -0.4 is 39.2 Å². The molecule has 32 heteroatoms. The predicted octanol–water partition coefficient (Wildman–Crippen LogP) is 8.52. The highest BCUT2D eigenvalue weighted by Gasteiger charge is 2.59. The first-order valence-electron chi connectivity index (χ1n) is 39.5. The van der Waals surface area contributed by atoms with Crippen molar-refractivity contribution in [2.75, 3.05) is 126 Å². The van der Waals surface area contributed by atoms with Crippen molar-refractivity contribution in [2.45, 2.75) is 256 Å². The van der Waals surface area contributed by atoms with Crippen molar-refractivity contribution in [1.29, 1.82) is 0 Å². The fourth-order valence-corrected chi connectivity index (χ4v) is 14.2. The molecule has 0 aliphatic heterocycles. The molecule has 1 aliphatic rings. The van der Waals surface area contributed by atoms with Gasteiger partial charge in [-0.05, 0) is 29.5 Å². The van der Waals surface area contributed by atoms with Gasteiger partial charge in [0.05, 0.1) is 111 Å². The van der Waals surface area contributed by atoms with E-state index in [9.17, 15) is 47.4 Å². The number of phosphoric ester groups is 4. The number of carbonyl (C=O) groups is 2. The SMILES string of the molecule is CCCCCCCCCCCCCCCC(=O)OC[C@H](COP(=O)([O-])OC1[C@H](OCOC)[C@H](OP(=O)([O-])OCc2ccccc2)C(OP(=O)([O-])OCc2ccccc2)[C@H](OP(=O)([O-])OCc2ccccc2)[C@H]1OCOC)OC(=O)CCCCCCCCCCCCCCC.C[NH+](C)C.C[NH+](C)C.C[NH+](C)C.C[NH+](C)C. The molecule has 0 spiro atoms. The minimum atomic E-state index is -5.98. The van der Waals surface area contributed by atoms with Crippen LogP contribution in [0.15, 0.2) is 91.0 Å². The molecule has 6 unspecified atom stereocenters. The number of quaternary nitrogens is 4. The van der Waals surface area contributed by atoms with Crippen molar-refractivity contribution in [3.05, 3.63) is 108 Å². The molecule has 11 atom stereocenters. The largest absolute Gasteiger partial charge is 0.756 e. The Kier molecular flexibility index (Phi) is 63.9. The second-order valence-corrected chi connectivity index (χ2v) is 35.0. The van der Waals surface area contributed by atoms with Gasteiger partial charge in [-0.15, -0.1) is 0 Å². The molecule has 0 saturated heterocycles. The van der Waals surface area contributed by atoms with Crippen LogP contribution in [-0.2, 0) is 112 Å². The number of phosphoric acid groups is 4. The smallest absolute Gasteiger partial charge is 0.306 e. The molecular weight excluding hydrogens is 1500 g/mol. The first-order valence-corrected chi connectivity index (χ1v) is 45.4. The highest BCUT2D eigenvalue weighted by atomic mass is 31.2. The maximum Gasteiger partial charge on any atom is 0.306 e. The number of rotatable bonds is 57. The van der Waals surface area contributed by atoms with E-state index >= 15 is 0 Å². The number of esters is 2. The molecule has 3 aromatic rings. The molecule has 110 heavy (non-hydrogen) atoms. The third-order valence-electron chi connectivity index (χ3n) is 15.5. The fourth-order valence-electron chi connectivity index (χ4n) is 10.5. The van der Waals surface area contributed by atoms with Gasteiger partial charge in [-0.25, -0.2) is 0 Å². The first-order chi connectivity index (χ1) is 52.2. The fraction of sp³-hybridized carbons (Fsp3) is 0.744. The lowest BCUT2D eigenvalue weighted by Crippen LogP contribution is -3.02. The lowest BCUT2D eigenvalue weighted by Gasteiger charge is -2.52. The van der Waals surface area contributed by atoms with E-state index in [-0.39, 0.29) is 12.8 Å². The van der Waals surface area contributed by atoms with Crippen LogP contribution in [-0.4, -0.2) is 180 Å². The van der Waals surface area contributed by atoms with Gasteiger partial charge in [-0.1, -0.05) is 259 Å². The summed E-state index contributed by atoms with van der Waals surface area (Å²) in [5, 5.41) is 0. The van der Waals surface area contributed by atoms with Crippen molar-refractivity contribution in [1.82, 2.24) is 0 Å². The van der Waals surface area contributed by atoms with Crippen molar-refractivity contribution in [3.8, 4) is 0 Å². The highest BCUT2D eigenvalue weighted by Crippen LogP contribution is 2.55. The zero-order chi connectivity index (χ0) is 82.5. The van der Waals surface area contributed by atoms with Crippen LogP contribution in [0.5, 0.6) is 0 Å². The molecule has 0 bridgehead atoms. The number of unbranched alkanes of at least 4 members (excludes halogenated alkanes) is 24. The van der Waals surface area contributed by atoms with Crippen molar-refractivity contribution < 1.29 is 132 Å². The summed E-state index contributed by atoms with van der Waals surface area (Å²) in [4.78, 5) is 89.1. The summed E-state index contributed by atoms with van der Waals surface area (Å²) in [6.45, 7) is -0.917. The van der Waals surface area contributed by atoms with Gasteiger partial charge in [-0.2, -0.15) is 0 Å². The molecular formula is C78H144N4O24P4. The lowest BCUT2D eigenvalue weighted by atomic mass is 9.84. The standard InChI is InChI=1S/C66H108O24P4.4C3H9N/c1-5-7-9-11-13-15-17-19-21-23-25-27-38-46-59(67)79-51-58(86-60(68)47-39-28-26-24-22-20-18-16-14-12-10-8-6-2)52-85-94(75,76)87-63-61(80-53-77-3)64(88-91(69,70)82-48-55-40-32-29-33-41-55)66(90-93(73,74)84-50-57-44-36-31-37-45-57)65(62(63)81-54-78-4)89-92(71,72)83-49-56-42-34-30-35-43-56;4*1-4(2)3/h29-37,40-45,58,61-66H,5-28,38-39,46-54H2,1-4H3,(H,69,70)(H,71,72)(H,73,74)(H,75,76);4*1-3H3/t58-,61+,62+,63?,64-,65+,66?;;;;/m1..../s1. The Bertz CT molecular complexity index is 2760. The quantitative estimate of drug-likeness (QED) is 0.0178. The average Bonchev–Trinajstić information content (AvgIpc) is 0.747. The molecule has 0 heterocycles. The van der Waals surface area contributed by atoms with Gasteiger partial charge in [0.15, 0.2) is 6.10 Å². The van der Waals surface area contributed by atoms with E-state index in [1.165, 1.54) is 146 Å². The van der Waals surface area contributed by atoms with Crippen LogP contribution >= 0.6 is 31.3 Å². The van der Waals surface area contributed by atoms with E-state index in [1.807, 2.05) is 0 Å². The van der Waals surface area contributed by atoms with Gasteiger partial charge in [0, 0.05) is 27.1 Å². The molecule has 4 N–H and O–H groups in total. The predicted molar refractivity (Wildman–Crippen MR) is 419 cm³/mol. The molecule has 0 amide bonds. The summed E-state index contributed by atoms with van der Waals surface area (Å²) in [5.41, 5.74) is 0.959. The number of hydrogen-bond donors (Lipinski definition) is 4. The molecule has 4 rings (SSSR count). The minimum absolute atomic E-state index is 0.0358. The zero-order valence-electron chi connectivity index (χ0n) is 69.5. The van der Waals surface area contributed by atoms with Crippen molar-refractivity contribution >= 4 is 43.2 Å². The molecule has 0 radical (unpaired) electrons. The minimum Gasteiger partial charge on any atom is -0.756 e. The average molecular weight is 1650 g/mol. The number of carbonyl (C=O) groups excluding carboxylic acids is 2. The third kappa shape index (κ3) is 61.2. The Morgan fingerprint density at radius 3 is 0.855 bits per heavy atom. The zero-order valence-corrected chi connectivity index (χ0v) is 73.1. The maximum atomic E-state index is 14.5. The number of methoxy groups -OCH3 is 2. The Morgan fingerprint density at radius 2 is 0.582 bits per heavy atom. The molecule has 3 aromatic carbocycles. The summed E-state index contributed by atoms with van der Waals surface area (Å²) in [6.07, 6.45) is 12.0. The third-order valence-corrected chi connectivity index (χ3v) is 19.3. The van der Waals surface area contributed by atoms with Gasteiger partial charge in [0.1, 0.15) is 56.8 Å². The molecule has 28 nitrogen and oxygen atoms in total. The second kappa shape index (κ2) is 65.8. The normalized spacial score (nSPS) is 18.7.